The monoisotopic (exact) mass is 544 g/mol. The fourth-order valence-corrected chi connectivity index (χ4v) is 5.86. The van der Waals surface area contributed by atoms with Crippen LogP contribution in [0.25, 0.3) is 22.0 Å². The lowest BCUT2D eigenvalue weighted by molar-refractivity contribution is -0.132. The van der Waals surface area contributed by atoms with Crippen molar-refractivity contribution >= 4 is 34.2 Å². The molecule has 2 aromatic carbocycles. The third-order valence-electron chi connectivity index (χ3n) is 7.75. The van der Waals surface area contributed by atoms with Crippen LogP contribution >= 0.6 is 11.6 Å². The molecule has 0 saturated carbocycles. The van der Waals surface area contributed by atoms with Crippen molar-refractivity contribution in [2.75, 3.05) is 32.5 Å². The van der Waals surface area contributed by atoms with Crippen LogP contribution in [0.2, 0.25) is 5.02 Å². The van der Waals surface area contributed by atoms with Crippen LogP contribution in [0.15, 0.2) is 66.9 Å². The lowest BCUT2D eigenvalue weighted by Gasteiger charge is -2.33. The van der Waals surface area contributed by atoms with E-state index in [9.17, 15) is 4.79 Å². The van der Waals surface area contributed by atoms with Gasteiger partial charge in [0, 0.05) is 73.7 Å². The summed E-state index contributed by atoms with van der Waals surface area (Å²) < 4.78 is 7.70. The molecule has 5 rings (SSSR count). The molecule has 1 aliphatic rings. The Morgan fingerprint density at radius 3 is 2.67 bits per heavy atom. The molecule has 0 radical (unpaired) electrons. The number of anilines is 1. The van der Waals surface area contributed by atoms with Gasteiger partial charge in [-0.15, -0.1) is 0 Å². The van der Waals surface area contributed by atoms with Crippen LogP contribution in [0.4, 0.5) is 5.82 Å². The van der Waals surface area contributed by atoms with Gasteiger partial charge in [-0.05, 0) is 78.9 Å². The zero-order chi connectivity index (χ0) is 27.2. The second kappa shape index (κ2) is 12.7. The molecule has 1 fully saturated rings. The highest BCUT2D eigenvalue weighted by molar-refractivity contribution is 6.31. The number of nitrogens with two attached hydrogens (primary N) is 1. The Kier molecular flexibility index (Phi) is 8.84. The molecule has 0 bridgehead atoms. The number of nitrogen functional groups attached to an aromatic ring is 1. The summed E-state index contributed by atoms with van der Waals surface area (Å²) in [5.41, 5.74) is 11.6. The van der Waals surface area contributed by atoms with Crippen LogP contribution < -0.4 is 5.73 Å². The number of amides is 1. The summed E-state index contributed by atoms with van der Waals surface area (Å²) in [6.07, 6.45) is 7.15. The fraction of sp³-hybridized carbons (Fsp3) is 0.375. The Labute approximate surface area is 235 Å². The van der Waals surface area contributed by atoms with Crippen molar-refractivity contribution in [3.05, 3.63) is 83.1 Å². The summed E-state index contributed by atoms with van der Waals surface area (Å²) in [6.45, 7) is 3.22. The number of rotatable bonds is 10. The minimum absolute atomic E-state index is 0.259. The smallest absolute Gasteiger partial charge is 0.222 e. The summed E-state index contributed by atoms with van der Waals surface area (Å²) in [4.78, 5) is 19.5. The van der Waals surface area contributed by atoms with E-state index in [0.29, 0.717) is 18.2 Å². The number of nitrogens with zero attached hydrogens (tertiary/aromatic N) is 3. The van der Waals surface area contributed by atoms with Crippen molar-refractivity contribution in [2.24, 2.45) is 0 Å². The molecule has 39 heavy (non-hydrogen) atoms. The predicted molar refractivity (Wildman–Crippen MR) is 159 cm³/mol. The van der Waals surface area contributed by atoms with Gasteiger partial charge in [0.05, 0.1) is 0 Å². The number of piperidine rings is 1. The number of carbonyl (C=O) groups excluding carboxylic acids is 1. The van der Waals surface area contributed by atoms with Crippen molar-refractivity contribution in [1.82, 2.24) is 14.5 Å². The number of fused-ring (bicyclic) bond motifs is 1. The van der Waals surface area contributed by atoms with E-state index >= 15 is 0 Å². The highest BCUT2D eigenvalue weighted by Crippen LogP contribution is 2.33. The highest BCUT2D eigenvalue weighted by atomic mass is 35.5. The van der Waals surface area contributed by atoms with Crippen molar-refractivity contribution in [3.8, 4) is 11.1 Å². The first-order valence-corrected chi connectivity index (χ1v) is 14.3. The maximum Gasteiger partial charge on any atom is 0.222 e. The Morgan fingerprint density at radius 2 is 1.90 bits per heavy atom. The molecule has 6 nitrogen and oxygen atoms in total. The first kappa shape index (κ1) is 27.2. The molecule has 3 heterocycles. The van der Waals surface area contributed by atoms with Gasteiger partial charge >= 0.3 is 0 Å². The summed E-state index contributed by atoms with van der Waals surface area (Å²) in [6, 6.07) is 20.7. The van der Waals surface area contributed by atoms with Gasteiger partial charge in [-0.2, -0.15) is 0 Å². The third kappa shape index (κ3) is 6.63. The SMILES string of the molecule is COCCCn1c(C2CCCN(C(=O)CCCc3ccc(-c4ccc(N)nc4)cc3)C2)cc2ccc(Cl)cc21. The number of benzene rings is 2. The third-order valence-corrected chi connectivity index (χ3v) is 7.99. The Balaban J connectivity index is 1.19. The van der Waals surface area contributed by atoms with E-state index in [4.69, 9.17) is 22.1 Å². The molecule has 4 aromatic rings. The molecule has 2 N–H and O–H groups in total. The second-order valence-corrected chi connectivity index (χ2v) is 10.9. The first-order valence-electron chi connectivity index (χ1n) is 13.9. The van der Waals surface area contributed by atoms with Gasteiger partial charge < -0.3 is 19.9 Å². The van der Waals surface area contributed by atoms with Crippen molar-refractivity contribution in [3.63, 3.8) is 0 Å². The molecule has 204 valence electrons. The number of halogens is 1. The number of hydrogen-bond acceptors (Lipinski definition) is 4. The summed E-state index contributed by atoms with van der Waals surface area (Å²) in [7, 11) is 1.74. The first-order chi connectivity index (χ1) is 19.0. The van der Waals surface area contributed by atoms with Gasteiger partial charge in [0.2, 0.25) is 5.91 Å². The average molecular weight is 545 g/mol. The van der Waals surface area contributed by atoms with Gasteiger partial charge in [-0.1, -0.05) is 41.9 Å². The van der Waals surface area contributed by atoms with E-state index in [1.54, 1.807) is 13.3 Å². The van der Waals surface area contributed by atoms with E-state index in [1.165, 1.54) is 16.6 Å². The number of likely N-dealkylation sites (tertiary alicyclic amines) is 1. The Morgan fingerprint density at radius 1 is 1.08 bits per heavy atom. The van der Waals surface area contributed by atoms with Crippen molar-refractivity contribution < 1.29 is 9.53 Å². The minimum Gasteiger partial charge on any atom is -0.385 e. The number of aryl methyl sites for hydroxylation is 2. The molecule has 1 saturated heterocycles. The van der Waals surface area contributed by atoms with Gasteiger partial charge in [0.25, 0.3) is 0 Å². The largest absolute Gasteiger partial charge is 0.385 e. The number of ether oxygens (including phenoxy) is 1. The molecule has 1 unspecified atom stereocenters. The fourth-order valence-electron chi connectivity index (χ4n) is 5.69. The van der Waals surface area contributed by atoms with Gasteiger partial charge in [0.15, 0.2) is 0 Å². The number of hydrogen-bond donors (Lipinski definition) is 1. The molecule has 1 amide bonds. The van der Waals surface area contributed by atoms with Crippen LogP contribution in [0, 0.1) is 0 Å². The van der Waals surface area contributed by atoms with Crippen molar-refractivity contribution in [2.45, 2.75) is 51.0 Å². The van der Waals surface area contributed by atoms with E-state index in [1.807, 2.05) is 18.2 Å². The molecule has 7 heteroatoms. The summed E-state index contributed by atoms with van der Waals surface area (Å²) in [5, 5.41) is 1.95. The van der Waals surface area contributed by atoms with Gasteiger partial charge in [0.1, 0.15) is 5.82 Å². The van der Waals surface area contributed by atoms with E-state index < -0.39 is 0 Å². The molecule has 1 atom stereocenters. The molecule has 0 aliphatic carbocycles. The zero-order valence-electron chi connectivity index (χ0n) is 22.6. The number of aromatic nitrogens is 2. The summed E-state index contributed by atoms with van der Waals surface area (Å²) >= 11 is 6.35. The van der Waals surface area contributed by atoms with Crippen LogP contribution in [-0.4, -0.2) is 47.2 Å². The van der Waals surface area contributed by atoms with E-state index in [0.717, 1.165) is 80.0 Å². The van der Waals surface area contributed by atoms with Crippen LogP contribution in [0.5, 0.6) is 0 Å². The number of methoxy groups -OCH3 is 1. The number of carbonyl (C=O) groups is 1. The van der Waals surface area contributed by atoms with Crippen LogP contribution in [0.1, 0.15) is 49.3 Å². The Hall–Kier alpha value is -3.35. The maximum absolute atomic E-state index is 13.2. The van der Waals surface area contributed by atoms with Crippen molar-refractivity contribution in [1.29, 1.82) is 0 Å². The predicted octanol–water partition coefficient (Wildman–Crippen LogP) is 6.70. The van der Waals surface area contributed by atoms with Crippen LogP contribution in [0.3, 0.4) is 0 Å². The maximum atomic E-state index is 13.2. The van der Waals surface area contributed by atoms with Gasteiger partial charge in [-0.25, -0.2) is 4.98 Å². The second-order valence-electron chi connectivity index (χ2n) is 10.5. The van der Waals surface area contributed by atoms with Crippen LogP contribution in [-0.2, 0) is 22.5 Å². The lowest BCUT2D eigenvalue weighted by atomic mass is 9.94. The minimum atomic E-state index is 0.259. The molecule has 1 aliphatic heterocycles. The normalized spacial score (nSPS) is 15.6. The Bertz CT molecular complexity index is 1400. The van der Waals surface area contributed by atoms with E-state index in [2.05, 4.69) is 56.9 Å². The van der Waals surface area contributed by atoms with Gasteiger partial charge in [-0.3, -0.25) is 4.79 Å². The lowest BCUT2D eigenvalue weighted by Crippen LogP contribution is -2.39. The zero-order valence-corrected chi connectivity index (χ0v) is 23.4. The van der Waals surface area contributed by atoms with E-state index in [-0.39, 0.29) is 5.91 Å². The molecule has 0 spiro atoms. The average Bonchev–Trinajstić information content (AvgIpc) is 3.31. The standard InChI is InChI=1S/C32H37ClN4O2/c1-39-18-4-17-37-29(19-25-12-14-28(33)20-30(25)37)27-6-3-16-36(22-27)32(38)7-2-5-23-8-10-24(11-9-23)26-13-15-31(34)35-21-26/h8-15,19-21,27H,2-7,16-18,22H2,1H3,(H2,34,35). The highest BCUT2D eigenvalue weighted by Gasteiger charge is 2.27. The number of pyridine rings is 1. The molecule has 2 aromatic heterocycles. The molecular formula is C32H37ClN4O2. The quantitative estimate of drug-likeness (QED) is 0.225. The summed E-state index contributed by atoms with van der Waals surface area (Å²) in [5.74, 6) is 1.11. The molecular weight excluding hydrogens is 508 g/mol. The topological polar surface area (TPSA) is 73.4 Å².